The van der Waals surface area contributed by atoms with E-state index in [1.165, 1.54) is 11.3 Å². The van der Waals surface area contributed by atoms with Crippen LogP contribution < -0.4 is 11.1 Å². The molecule has 5 heteroatoms. The van der Waals surface area contributed by atoms with Crippen molar-refractivity contribution >= 4 is 30.1 Å². The fourth-order valence-corrected chi connectivity index (χ4v) is 2.92. The first kappa shape index (κ1) is 17.3. The van der Waals surface area contributed by atoms with Gasteiger partial charge in [-0.25, -0.2) is 0 Å². The average molecular weight is 315 g/mol. The number of amides is 1. The molecule has 1 aromatic rings. The van der Waals surface area contributed by atoms with E-state index in [4.69, 9.17) is 5.73 Å². The Morgan fingerprint density at radius 3 is 2.40 bits per heavy atom. The second kappa shape index (κ2) is 7.91. The summed E-state index contributed by atoms with van der Waals surface area (Å²) in [5.41, 5.74) is 6.67. The van der Waals surface area contributed by atoms with Crippen LogP contribution in [0.3, 0.4) is 0 Å². The van der Waals surface area contributed by atoms with Crippen molar-refractivity contribution in [3.63, 3.8) is 0 Å². The zero-order valence-corrected chi connectivity index (χ0v) is 13.5. The van der Waals surface area contributed by atoms with Gasteiger partial charge in [-0.15, -0.1) is 24.2 Å². The summed E-state index contributed by atoms with van der Waals surface area (Å²) in [6.45, 7) is 0.562. The van der Waals surface area contributed by atoms with E-state index in [9.17, 15) is 4.79 Å². The molecule has 112 valence electrons. The lowest BCUT2D eigenvalue weighted by atomic mass is 9.82. The number of nitrogens with two attached hydrogens (primary N) is 1. The monoisotopic (exact) mass is 314 g/mol. The minimum Gasteiger partial charge on any atom is -0.350 e. The number of thioether (sulfide) groups is 1. The first-order valence-corrected chi connectivity index (χ1v) is 8.07. The molecule has 1 saturated carbocycles. The zero-order chi connectivity index (χ0) is 13.7. The molecule has 0 radical (unpaired) electrons. The summed E-state index contributed by atoms with van der Waals surface area (Å²) in [5, 5.41) is 2.98. The Bertz CT molecular complexity index is 430. The first-order valence-electron chi connectivity index (χ1n) is 6.84. The predicted octanol–water partition coefficient (Wildman–Crippen LogP) is 3.11. The highest BCUT2D eigenvalue weighted by atomic mass is 35.5. The maximum absolute atomic E-state index is 12.2. The van der Waals surface area contributed by atoms with E-state index >= 15 is 0 Å². The average Bonchev–Trinajstić information content (AvgIpc) is 2.46. The molecule has 20 heavy (non-hydrogen) atoms. The lowest BCUT2D eigenvalue weighted by Crippen LogP contribution is -2.54. The van der Waals surface area contributed by atoms with Crippen molar-refractivity contribution in [3.8, 4) is 0 Å². The zero-order valence-electron chi connectivity index (χ0n) is 11.9. The molecule has 0 unspecified atom stereocenters. The van der Waals surface area contributed by atoms with Gasteiger partial charge in [0.25, 0.3) is 0 Å². The molecular formula is C15H23ClN2OS. The van der Waals surface area contributed by atoms with E-state index in [1.54, 1.807) is 11.8 Å². The molecule has 0 aliphatic heterocycles. The second-order valence-electron chi connectivity index (χ2n) is 5.25. The Labute approximate surface area is 131 Å². The SMILES string of the molecule is CSc1ccc(CNC(=O)C2(N)CCCCC2)cc1.Cl. The quantitative estimate of drug-likeness (QED) is 0.840. The molecule has 1 aromatic carbocycles. The van der Waals surface area contributed by atoms with Crippen molar-refractivity contribution in [1.82, 2.24) is 5.32 Å². The van der Waals surface area contributed by atoms with E-state index < -0.39 is 5.54 Å². The summed E-state index contributed by atoms with van der Waals surface area (Å²) < 4.78 is 0. The van der Waals surface area contributed by atoms with Crippen molar-refractivity contribution in [2.75, 3.05) is 6.26 Å². The van der Waals surface area contributed by atoms with E-state index in [-0.39, 0.29) is 18.3 Å². The lowest BCUT2D eigenvalue weighted by Gasteiger charge is -2.31. The number of rotatable bonds is 4. The van der Waals surface area contributed by atoms with E-state index in [0.29, 0.717) is 6.54 Å². The fourth-order valence-electron chi connectivity index (χ4n) is 2.51. The third-order valence-corrected chi connectivity index (χ3v) is 4.55. The minimum atomic E-state index is -0.641. The number of carbonyl (C=O) groups excluding carboxylic acids is 1. The molecule has 0 saturated heterocycles. The molecule has 1 aliphatic rings. The topological polar surface area (TPSA) is 55.1 Å². The van der Waals surface area contributed by atoms with E-state index in [0.717, 1.165) is 31.2 Å². The van der Waals surface area contributed by atoms with Gasteiger partial charge in [0.2, 0.25) is 5.91 Å². The molecule has 0 atom stereocenters. The highest BCUT2D eigenvalue weighted by molar-refractivity contribution is 7.98. The molecule has 0 aromatic heterocycles. The number of benzene rings is 1. The van der Waals surface area contributed by atoms with Crippen LogP contribution in [0.1, 0.15) is 37.7 Å². The summed E-state index contributed by atoms with van der Waals surface area (Å²) in [6, 6.07) is 8.25. The largest absolute Gasteiger partial charge is 0.350 e. The van der Waals surface area contributed by atoms with E-state index in [1.807, 2.05) is 0 Å². The number of hydrogen-bond donors (Lipinski definition) is 2. The van der Waals surface area contributed by atoms with Crippen LogP contribution in [0.15, 0.2) is 29.2 Å². The van der Waals surface area contributed by atoms with Gasteiger partial charge in [0.15, 0.2) is 0 Å². The van der Waals surface area contributed by atoms with Gasteiger partial charge in [0.1, 0.15) is 0 Å². The van der Waals surface area contributed by atoms with Crippen LogP contribution in [0.5, 0.6) is 0 Å². The van der Waals surface area contributed by atoms with Gasteiger partial charge >= 0.3 is 0 Å². The standard InChI is InChI=1S/C15H22N2OS.ClH/c1-19-13-7-5-12(6-8-13)11-17-14(18)15(16)9-3-2-4-10-15;/h5-8H,2-4,9-11,16H2,1H3,(H,17,18);1H. The highest BCUT2D eigenvalue weighted by Crippen LogP contribution is 2.26. The number of nitrogens with one attached hydrogen (secondary N) is 1. The van der Waals surface area contributed by atoms with Gasteiger partial charge < -0.3 is 11.1 Å². The molecule has 2 rings (SSSR count). The van der Waals surface area contributed by atoms with Gasteiger partial charge in [-0.05, 0) is 36.8 Å². The smallest absolute Gasteiger partial charge is 0.240 e. The molecular weight excluding hydrogens is 292 g/mol. The predicted molar refractivity (Wildman–Crippen MR) is 87.3 cm³/mol. The van der Waals surface area contributed by atoms with Gasteiger partial charge in [0.05, 0.1) is 5.54 Å². The molecule has 1 aliphatic carbocycles. The Balaban J connectivity index is 0.00000200. The van der Waals surface area contributed by atoms with Gasteiger partial charge in [-0.3, -0.25) is 4.79 Å². The van der Waals surface area contributed by atoms with Crippen LogP contribution in [-0.2, 0) is 11.3 Å². The van der Waals surface area contributed by atoms with Crippen LogP contribution in [0.25, 0.3) is 0 Å². The molecule has 1 amide bonds. The van der Waals surface area contributed by atoms with Gasteiger partial charge in [-0.2, -0.15) is 0 Å². The minimum absolute atomic E-state index is 0. The Morgan fingerprint density at radius 1 is 1.25 bits per heavy atom. The van der Waals surface area contributed by atoms with E-state index in [2.05, 4.69) is 35.8 Å². The third-order valence-electron chi connectivity index (χ3n) is 3.81. The molecule has 1 fully saturated rings. The summed E-state index contributed by atoms with van der Waals surface area (Å²) in [6.07, 6.45) is 6.99. The molecule has 0 heterocycles. The molecule has 0 spiro atoms. The fraction of sp³-hybridized carbons (Fsp3) is 0.533. The maximum Gasteiger partial charge on any atom is 0.240 e. The number of halogens is 1. The van der Waals surface area contributed by atoms with Crippen molar-refractivity contribution in [2.24, 2.45) is 5.73 Å². The van der Waals surface area contributed by atoms with Crippen LogP contribution in [0, 0.1) is 0 Å². The van der Waals surface area contributed by atoms with Crippen LogP contribution in [0.2, 0.25) is 0 Å². The van der Waals surface area contributed by atoms with Crippen molar-refractivity contribution in [3.05, 3.63) is 29.8 Å². The summed E-state index contributed by atoms with van der Waals surface area (Å²) in [4.78, 5) is 13.4. The normalized spacial score (nSPS) is 17.1. The summed E-state index contributed by atoms with van der Waals surface area (Å²) in [5.74, 6) is 0.00106. The van der Waals surface area contributed by atoms with Crippen LogP contribution in [-0.4, -0.2) is 17.7 Å². The summed E-state index contributed by atoms with van der Waals surface area (Å²) in [7, 11) is 0. The lowest BCUT2D eigenvalue weighted by molar-refractivity contribution is -0.127. The number of carbonyl (C=O) groups is 1. The molecule has 3 N–H and O–H groups in total. The van der Waals surface area contributed by atoms with Gasteiger partial charge in [-0.1, -0.05) is 31.4 Å². The van der Waals surface area contributed by atoms with Crippen LogP contribution in [0.4, 0.5) is 0 Å². The second-order valence-corrected chi connectivity index (χ2v) is 6.13. The van der Waals surface area contributed by atoms with Crippen molar-refractivity contribution in [1.29, 1.82) is 0 Å². The number of hydrogen-bond acceptors (Lipinski definition) is 3. The summed E-state index contributed by atoms with van der Waals surface area (Å²) >= 11 is 1.72. The molecule has 3 nitrogen and oxygen atoms in total. The Hall–Kier alpha value is -0.710. The first-order chi connectivity index (χ1) is 9.14. The maximum atomic E-state index is 12.2. The van der Waals surface area contributed by atoms with Crippen molar-refractivity contribution < 1.29 is 4.79 Å². The Kier molecular flexibility index (Phi) is 6.86. The van der Waals surface area contributed by atoms with Gasteiger partial charge in [0, 0.05) is 11.4 Å². The third kappa shape index (κ3) is 4.40. The molecule has 0 bridgehead atoms. The highest BCUT2D eigenvalue weighted by Gasteiger charge is 2.34. The van der Waals surface area contributed by atoms with Crippen LogP contribution >= 0.6 is 24.2 Å². The van der Waals surface area contributed by atoms with Crippen molar-refractivity contribution in [2.45, 2.75) is 49.1 Å². The Morgan fingerprint density at radius 2 is 1.85 bits per heavy atom.